The van der Waals surface area contributed by atoms with Crippen LogP contribution in [-0.2, 0) is 24.1 Å². The molecule has 0 radical (unpaired) electrons. The second kappa shape index (κ2) is 8.86. The zero-order valence-electron chi connectivity index (χ0n) is 15.2. The minimum Gasteiger partial charge on any atom is -0.450 e. The number of ether oxygens (including phenoxy) is 1. The summed E-state index contributed by atoms with van der Waals surface area (Å²) in [5.41, 5.74) is 3.53. The second-order valence-corrected chi connectivity index (χ2v) is 6.76. The van der Waals surface area contributed by atoms with E-state index in [9.17, 15) is 9.59 Å². The molecule has 0 saturated heterocycles. The van der Waals surface area contributed by atoms with Gasteiger partial charge in [0.15, 0.2) is 0 Å². The van der Waals surface area contributed by atoms with Crippen molar-refractivity contribution < 1.29 is 14.3 Å². The molecule has 1 aromatic carbocycles. The molecule has 1 aromatic heterocycles. The quantitative estimate of drug-likeness (QED) is 0.855. The average molecular weight is 388 g/mol. The van der Waals surface area contributed by atoms with Crippen molar-refractivity contribution >= 4 is 23.6 Å². The molecule has 0 atom stereocenters. The summed E-state index contributed by atoms with van der Waals surface area (Å²) in [6.45, 7) is 3.59. The summed E-state index contributed by atoms with van der Waals surface area (Å²) in [5, 5.41) is 3.65. The smallest absolute Gasteiger partial charge is 0.410 e. The van der Waals surface area contributed by atoms with Gasteiger partial charge in [-0.05, 0) is 48.6 Å². The zero-order valence-corrected chi connectivity index (χ0v) is 16.0. The van der Waals surface area contributed by atoms with Gasteiger partial charge in [-0.15, -0.1) is 0 Å². The number of carbonyl (C=O) groups is 2. The molecule has 1 N–H and O–H groups in total. The highest BCUT2D eigenvalue weighted by Gasteiger charge is 2.25. The molecule has 2 heterocycles. The molecule has 6 nitrogen and oxygen atoms in total. The first-order valence-electron chi connectivity index (χ1n) is 8.98. The SMILES string of the molecule is CCOC(=O)N1CCc2c(cncc2C(=O)NCCc2ccc(Cl)cc2)C1. The molecule has 0 saturated carbocycles. The molecule has 1 aliphatic heterocycles. The Labute approximate surface area is 163 Å². The number of halogens is 1. The van der Waals surface area contributed by atoms with Crippen LogP contribution in [0.25, 0.3) is 0 Å². The van der Waals surface area contributed by atoms with Crippen molar-refractivity contribution in [2.45, 2.75) is 26.3 Å². The summed E-state index contributed by atoms with van der Waals surface area (Å²) in [4.78, 5) is 30.3. The molecule has 0 spiro atoms. The van der Waals surface area contributed by atoms with Gasteiger partial charge in [-0.25, -0.2) is 4.79 Å². The lowest BCUT2D eigenvalue weighted by molar-refractivity contribution is 0.0950. The number of rotatable bonds is 5. The van der Waals surface area contributed by atoms with Crippen LogP contribution in [0.3, 0.4) is 0 Å². The van der Waals surface area contributed by atoms with Gasteiger partial charge in [0.25, 0.3) is 5.91 Å². The molecule has 0 bridgehead atoms. The molecule has 0 fully saturated rings. The third-order valence-corrected chi connectivity index (χ3v) is 4.77. The Kier molecular flexibility index (Phi) is 6.29. The van der Waals surface area contributed by atoms with E-state index in [0.717, 1.165) is 23.1 Å². The number of aromatic nitrogens is 1. The Morgan fingerprint density at radius 2 is 2.04 bits per heavy atom. The van der Waals surface area contributed by atoms with Gasteiger partial charge in [-0.3, -0.25) is 9.78 Å². The highest BCUT2D eigenvalue weighted by Crippen LogP contribution is 2.22. The fourth-order valence-corrected chi connectivity index (χ4v) is 3.25. The first-order valence-corrected chi connectivity index (χ1v) is 9.36. The Morgan fingerprint density at radius 1 is 1.26 bits per heavy atom. The van der Waals surface area contributed by atoms with Crippen LogP contribution >= 0.6 is 11.6 Å². The highest BCUT2D eigenvalue weighted by atomic mass is 35.5. The van der Waals surface area contributed by atoms with E-state index < -0.39 is 0 Å². The standard InChI is InChI=1S/C20H22ClN3O3/c1-2-27-20(26)24-10-8-17-15(13-24)11-22-12-18(17)19(25)23-9-7-14-3-5-16(21)6-4-14/h3-6,11-12H,2,7-10,13H2,1H3,(H,23,25). The zero-order chi connectivity index (χ0) is 19.2. The molecule has 2 amide bonds. The monoisotopic (exact) mass is 387 g/mol. The summed E-state index contributed by atoms with van der Waals surface area (Å²) in [6.07, 6.45) is 4.31. The fourth-order valence-electron chi connectivity index (χ4n) is 3.13. The number of amides is 2. The van der Waals surface area contributed by atoms with Gasteiger partial charge in [0.05, 0.1) is 18.7 Å². The molecule has 1 aliphatic rings. The van der Waals surface area contributed by atoms with Crippen LogP contribution in [0.4, 0.5) is 4.79 Å². The number of hydrogen-bond acceptors (Lipinski definition) is 4. The van der Waals surface area contributed by atoms with E-state index >= 15 is 0 Å². The van der Waals surface area contributed by atoms with E-state index in [2.05, 4.69) is 10.3 Å². The number of carbonyl (C=O) groups excluding carboxylic acids is 2. The highest BCUT2D eigenvalue weighted by molar-refractivity contribution is 6.30. The van der Waals surface area contributed by atoms with Crippen LogP contribution in [0.5, 0.6) is 0 Å². The number of benzene rings is 1. The van der Waals surface area contributed by atoms with Gasteiger partial charge in [0.1, 0.15) is 0 Å². The van der Waals surface area contributed by atoms with E-state index in [-0.39, 0.29) is 12.0 Å². The van der Waals surface area contributed by atoms with Crippen LogP contribution < -0.4 is 5.32 Å². The largest absolute Gasteiger partial charge is 0.450 e. The lowest BCUT2D eigenvalue weighted by Crippen LogP contribution is -2.37. The average Bonchev–Trinajstić information content (AvgIpc) is 2.68. The van der Waals surface area contributed by atoms with Crippen LogP contribution in [0, 0.1) is 0 Å². The molecule has 27 heavy (non-hydrogen) atoms. The van der Waals surface area contributed by atoms with E-state index in [0.29, 0.717) is 43.2 Å². The van der Waals surface area contributed by atoms with Crippen molar-refractivity contribution in [2.24, 2.45) is 0 Å². The number of hydrogen-bond donors (Lipinski definition) is 1. The normalized spacial score (nSPS) is 13.0. The van der Waals surface area contributed by atoms with E-state index in [4.69, 9.17) is 16.3 Å². The van der Waals surface area contributed by atoms with Crippen LogP contribution in [0.1, 0.15) is 34.0 Å². The third kappa shape index (κ3) is 4.77. The summed E-state index contributed by atoms with van der Waals surface area (Å²) in [6, 6.07) is 7.58. The summed E-state index contributed by atoms with van der Waals surface area (Å²) in [5.74, 6) is -0.141. The summed E-state index contributed by atoms with van der Waals surface area (Å²) in [7, 11) is 0. The maximum absolute atomic E-state index is 12.6. The molecule has 142 valence electrons. The predicted molar refractivity (Wildman–Crippen MR) is 103 cm³/mol. The Hall–Kier alpha value is -2.60. The van der Waals surface area contributed by atoms with Crippen molar-refractivity contribution in [1.82, 2.24) is 15.2 Å². The number of nitrogens with zero attached hydrogens (tertiary/aromatic N) is 2. The number of pyridine rings is 1. The Morgan fingerprint density at radius 3 is 2.78 bits per heavy atom. The third-order valence-electron chi connectivity index (χ3n) is 4.52. The Bertz CT molecular complexity index is 824. The van der Waals surface area contributed by atoms with Crippen LogP contribution in [0.15, 0.2) is 36.7 Å². The minimum absolute atomic E-state index is 0.141. The lowest BCUT2D eigenvalue weighted by Gasteiger charge is -2.28. The molecule has 3 rings (SSSR count). The van der Waals surface area contributed by atoms with E-state index in [1.807, 2.05) is 24.3 Å². The number of nitrogens with one attached hydrogen (secondary N) is 1. The maximum Gasteiger partial charge on any atom is 0.410 e. The summed E-state index contributed by atoms with van der Waals surface area (Å²) < 4.78 is 5.06. The molecule has 2 aromatic rings. The topological polar surface area (TPSA) is 71.5 Å². The molecular weight excluding hydrogens is 366 g/mol. The predicted octanol–water partition coefficient (Wildman–Crippen LogP) is 3.22. The van der Waals surface area contributed by atoms with E-state index in [1.54, 1.807) is 24.2 Å². The van der Waals surface area contributed by atoms with Crippen molar-refractivity contribution in [2.75, 3.05) is 19.7 Å². The van der Waals surface area contributed by atoms with Crippen molar-refractivity contribution in [3.05, 3.63) is 63.9 Å². The summed E-state index contributed by atoms with van der Waals surface area (Å²) >= 11 is 5.88. The van der Waals surface area contributed by atoms with Gasteiger partial charge < -0.3 is 15.0 Å². The first-order chi connectivity index (χ1) is 13.1. The fraction of sp³-hybridized carbons (Fsp3) is 0.350. The molecular formula is C20H22ClN3O3. The maximum atomic E-state index is 12.6. The van der Waals surface area contributed by atoms with Gasteiger partial charge in [-0.2, -0.15) is 0 Å². The van der Waals surface area contributed by atoms with Crippen molar-refractivity contribution in [3.8, 4) is 0 Å². The van der Waals surface area contributed by atoms with Crippen LogP contribution in [0.2, 0.25) is 5.02 Å². The van der Waals surface area contributed by atoms with Gasteiger partial charge in [0, 0.05) is 30.5 Å². The lowest BCUT2D eigenvalue weighted by atomic mass is 9.97. The second-order valence-electron chi connectivity index (χ2n) is 6.33. The van der Waals surface area contributed by atoms with Crippen LogP contribution in [-0.4, -0.2) is 41.6 Å². The van der Waals surface area contributed by atoms with Gasteiger partial charge in [-0.1, -0.05) is 23.7 Å². The van der Waals surface area contributed by atoms with E-state index in [1.165, 1.54) is 0 Å². The first kappa shape index (κ1) is 19.2. The van der Waals surface area contributed by atoms with Crippen molar-refractivity contribution in [3.63, 3.8) is 0 Å². The molecule has 0 unspecified atom stereocenters. The number of fused-ring (bicyclic) bond motifs is 1. The molecule has 0 aliphatic carbocycles. The van der Waals surface area contributed by atoms with Crippen molar-refractivity contribution in [1.29, 1.82) is 0 Å². The van der Waals surface area contributed by atoms with Gasteiger partial charge in [0.2, 0.25) is 0 Å². The Balaban J connectivity index is 1.62. The molecule has 7 heteroatoms. The minimum atomic E-state index is -0.332. The van der Waals surface area contributed by atoms with Gasteiger partial charge >= 0.3 is 6.09 Å².